The molecule has 0 aliphatic heterocycles. The molecule has 4 heteroatoms. The molecule has 0 aliphatic carbocycles. The van der Waals surface area contributed by atoms with Gasteiger partial charge in [0.05, 0.1) is 0 Å². The Balaban J connectivity index is 0. The van der Waals surface area contributed by atoms with Gasteiger partial charge in [-0.25, -0.2) is 0 Å². The van der Waals surface area contributed by atoms with Crippen LogP contribution in [-0.2, 0) is 37.2 Å². The average molecular weight is 439 g/mol. The Bertz CT molecular complexity index is 350. The third-order valence-electron chi connectivity index (χ3n) is 1.82. The Labute approximate surface area is 129 Å². The smallest absolute Gasteiger partial charge is 1.00 e. The summed E-state index contributed by atoms with van der Waals surface area (Å²) in [6.07, 6.45) is 4.26. The molecule has 0 fully saturated rings. The van der Waals surface area contributed by atoms with Crippen molar-refractivity contribution in [2.45, 2.75) is 26.7 Å². The summed E-state index contributed by atoms with van der Waals surface area (Å²) >= 11 is 0. The van der Waals surface area contributed by atoms with Crippen molar-refractivity contribution in [2.75, 3.05) is 0 Å². The van der Waals surface area contributed by atoms with E-state index in [-0.39, 0.29) is 46.0 Å². The van der Waals surface area contributed by atoms with E-state index in [1.54, 1.807) is 6.92 Å². The van der Waals surface area contributed by atoms with E-state index < -0.39 is 0 Å². The fourth-order valence-electron chi connectivity index (χ4n) is 1.18. The number of ether oxygens (including phenoxy) is 1. The van der Waals surface area contributed by atoms with Gasteiger partial charge in [-0.15, -0.1) is 0 Å². The summed E-state index contributed by atoms with van der Waals surface area (Å²) in [7, 11) is 0. The van der Waals surface area contributed by atoms with Crippen molar-refractivity contribution in [3.8, 4) is 0 Å². The predicted molar refractivity (Wildman–Crippen MR) is 59.0 cm³/mol. The van der Waals surface area contributed by atoms with Crippen molar-refractivity contribution in [1.29, 1.82) is 0 Å². The summed E-state index contributed by atoms with van der Waals surface area (Å²) < 4.78 is 5.06. The number of esters is 1. The zero-order valence-corrected chi connectivity index (χ0v) is 16.5. The van der Waals surface area contributed by atoms with Crippen LogP contribution < -0.4 is 12.4 Å². The molecule has 0 spiro atoms. The fraction of sp³-hybridized carbons (Fsp3) is 0.308. The molecule has 17 heavy (non-hydrogen) atoms. The molecule has 0 aliphatic rings. The molecule has 0 saturated heterocycles. The number of benzene rings is 1. The maximum Gasteiger partial charge on any atom is 1.00 e. The Hall–Kier alpha value is -0.345. The second kappa shape index (κ2) is 10.8. The van der Waals surface area contributed by atoms with Gasteiger partial charge < -0.3 is 17.1 Å². The van der Waals surface area contributed by atoms with Gasteiger partial charge in [0.15, 0.2) is 0 Å². The number of rotatable bonds is 4. The first kappa shape index (κ1) is 19.0. The van der Waals surface area contributed by atoms with Crippen LogP contribution in [0.25, 0.3) is 0 Å². The van der Waals surface area contributed by atoms with Crippen LogP contribution in [0.2, 0.25) is 0 Å². The summed E-state index contributed by atoms with van der Waals surface area (Å²) in [4.78, 5) is 11.2. The van der Waals surface area contributed by atoms with E-state index in [0.29, 0.717) is 12.2 Å². The Kier molecular flexibility index (Phi) is 12.1. The number of halogens is 1. The maximum atomic E-state index is 11.2. The molecular formula is C13H15ClHgO2. The summed E-state index contributed by atoms with van der Waals surface area (Å²) in [6, 6.07) is 9.60. The minimum Gasteiger partial charge on any atom is -1.00 e. The topological polar surface area (TPSA) is 26.3 Å². The van der Waals surface area contributed by atoms with Crippen LogP contribution in [0.1, 0.15) is 32.3 Å². The molecular weight excluding hydrogens is 424 g/mol. The van der Waals surface area contributed by atoms with Gasteiger partial charge in [0, 0.05) is 12.5 Å². The van der Waals surface area contributed by atoms with Crippen LogP contribution in [0.4, 0.5) is 0 Å². The molecule has 0 atom stereocenters. The van der Waals surface area contributed by atoms with Crippen LogP contribution in [0.15, 0.2) is 36.1 Å². The minimum atomic E-state index is -0.196. The minimum absolute atomic E-state index is 0. The van der Waals surface area contributed by atoms with Crippen molar-refractivity contribution in [1.82, 2.24) is 0 Å². The second-order valence-corrected chi connectivity index (χ2v) is 3.27. The van der Waals surface area contributed by atoms with Gasteiger partial charge in [0.1, 0.15) is 5.76 Å². The van der Waals surface area contributed by atoms with Gasteiger partial charge in [0.2, 0.25) is 0 Å². The monoisotopic (exact) mass is 440 g/mol. The Morgan fingerprint density at radius 1 is 1.29 bits per heavy atom. The van der Waals surface area contributed by atoms with E-state index >= 15 is 0 Å². The molecule has 2 radical (unpaired) electrons. The SMILES string of the molecule is CCCC(=O)OC(C)=[C]c1ccccc1.[Cl-].[Hg+]. The van der Waals surface area contributed by atoms with Crippen LogP contribution >= 0.6 is 0 Å². The molecule has 1 aromatic rings. The third kappa shape index (κ3) is 8.39. The Morgan fingerprint density at radius 2 is 1.88 bits per heavy atom. The maximum absolute atomic E-state index is 11.2. The van der Waals surface area contributed by atoms with Crippen LogP contribution in [0, 0.1) is 6.08 Å². The van der Waals surface area contributed by atoms with Crippen molar-refractivity contribution >= 4 is 5.97 Å². The van der Waals surface area contributed by atoms with Gasteiger partial charge in [-0.3, -0.25) is 4.79 Å². The van der Waals surface area contributed by atoms with E-state index in [9.17, 15) is 4.79 Å². The average Bonchev–Trinajstić information content (AvgIpc) is 2.19. The van der Waals surface area contributed by atoms with E-state index in [1.807, 2.05) is 37.3 Å². The number of allylic oxidation sites excluding steroid dienone is 1. The molecule has 0 N–H and O–H groups in total. The van der Waals surface area contributed by atoms with Crippen molar-refractivity contribution in [3.63, 3.8) is 0 Å². The molecule has 1 aromatic carbocycles. The molecule has 0 amide bonds. The third-order valence-corrected chi connectivity index (χ3v) is 1.82. The normalized spacial score (nSPS) is 9.88. The molecule has 0 heterocycles. The molecule has 0 bridgehead atoms. The first-order valence-electron chi connectivity index (χ1n) is 5.08. The van der Waals surface area contributed by atoms with Crippen LogP contribution in [0.5, 0.6) is 0 Å². The summed E-state index contributed by atoms with van der Waals surface area (Å²) in [5.74, 6) is 0.318. The quantitative estimate of drug-likeness (QED) is 0.378. The van der Waals surface area contributed by atoms with Gasteiger partial charge >= 0.3 is 33.6 Å². The number of hydrogen-bond donors (Lipinski definition) is 0. The summed E-state index contributed by atoms with van der Waals surface area (Å²) in [5.41, 5.74) is 0.916. The summed E-state index contributed by atoms with van der Waals surface area (Å²) in [5, 5.41) is 0. The number of hydrogen-bond acceptors (Lipinski definition) is 2. The first-order chi connectivity index (χ1) is 7.22. The molecule has 0 unspecified atom stereocenters. The summed E-state index contributed by atoms with van der Waals surface area (Å²) in [6.45, 7) is 3.68. The van der Waals surface area contributed by atoms with Crippen molar-refractivity contribution < 1.29 is 49.6 Å². The second-order valence-electron chi connectivity index (χ2n) is 3.27. The van der Waals surface area contributed by atoms with Gasteiger partial charge in [-0.2, -0.15) is 0 Å². The molecule has 0 saturated carbocycles. The first-order valence-corrected chi connectivity index (χ1v) is 5.08. The molecule has 88 valence electrons. The van der Waals surface area contributed by atoms with E-state index in [1.165, 1.54) is 0 Å². The fourth-order valence-corrected chi connectivity index (χ4v) is 1.18. The van der Waals surface area contributed by atoms with Crippen molar-refractivity contribution in [3.05, 3.63) is 47.7 Å². The number of carbonyl (C=O) groups is 1. The number of carbonyl (C=O) groups excluding carboxylic acids is 1. The van der Waals surface area contributed by atoms with E-state index in [2.05, 4.69) is 6.08 Å². The zero-order valence-electron chi connectivity index (χ0n) is 10.2. The van der Waals surface area contributed by atoms with Gasteiger partial charge in [-0.05, 0) is 18.9 Å². The van der Waals surface area contributed by atoms with E-state index in [0.717, 1.165) is 12.0 Å². The van der Waals surface area contributed by atoms with Gasteiger partial charge in [0.25, 0.3) is 0 Å². The molecule has 1 rings (SSSR count). The standard InChI is InChI=1S/C13H15O2.ClH.Hg/c1-3-7-13(14)15-11(2)10-12-8-5-4-6-9-12;;/h4-6,8-9H,3,7H2,1-2H3;1H;/q;;+1/p-1. The van der Waals surface area contributed by atoms with Crippen molar-refractivity contribution in [2.24, 2.45) is 0 Å². The van der Waals surface area contributed by atoms with Gasteiger partial charge in [-0.1, -0.05) is 37.3 Å². The van der Waals surface area contributed by atoms with Crippen LogP contribution in [0.3, 0.4) is 0 Å². The molecule has 2 nitrogen and oxygen atoms in total. The predicted octanol–water partition coefficient (Wildman–Crippen LogP) is 0.0865. The van der Waals surface area contributed by atoms with Crippen LogP contribution in [-0.4, -0.2) is 5.97 Å². The van der Waals surface area contributed by atoms with E-state index in [4.69, 9.17) is 4.74 Å². The Morgan fingerprint density at radius 3 is 2.41 bits per heavy atom. The largest absolute Gasteiger partial charge is 1.00 e. The molecule has 0 aromatic heterocycles. The zero-order chi connectivity index (χ0) is 11.1.